The maximum atomic E-state index is 13.5. The molecule has 12 heteroatoms. The Kier molecular flexibility index (Phi) is 10.7. The Hall–Kier alpha value is -4.52. The lowest BCUT2D eigenvalue weighted by Crippen LogP contribution is -2.45. The quantitative estimate of drug-likeness (QED) is 0.124. The summed E-state index contributed by atoms with van der Waals surface area (Å²) < 4.78 is 46.1. The molecular formula is C31H30F3N5O3S. The molecule has 6 N–H and O–H groups in total. The zero-order valence-electron chi connectivity index (χ0n) is 22.9. The summed E-state index contributed by atoms with van der Waals surface area (Å²) in [5.41, 5.74) is 15.7. The molecule has 0 saturated heterocycles. The summed E-state index contributed by atoms with van der Waals surface area (Å²) in [4.78, 5) is 29.7. The average molecular weight is 610 g/mol. The molecule has 0 spiro atoms. The molecule has 43 heavy (non-hydrogen) atoms. The van der Waals surface area contributed by atoms with Crippen molar-refractivity contribution in [3.05, 3.63) is 124 Å². The van der Waals surface area contributed by atoms with E-state index in [4.69, 9.17) is 16.2 Å². The first-order valence-corrected chi connectivity index (χ1v) is 14.2. The van der Waals surface area contributed by atoms with Gasteiger partial charge in [-0.25, -0.2) is 4.98 Å². The van der Waals surface area contributed by atoms with Crippen LogP contribution in [-0.4, -0.2) is 29.6 Å². The highest BCUT2D eigenvalue weighted by Gasteiger charge is 2.32. The molecule has 1 heterocycles. The number of anilines is 1. The highest BCUT2D eigenvalue weighted by atomic mass is 32.1. The van der Waals surface area contributed by atoms with Crippen LogP contribution in [0.2, 0.25) is 0 Å². The summed E-state index contributed by atoms with van der Waals surface area (Å²) in [6.45, 7) is 0.406. The first kappa shape index (κ1) is 31.4. The number of benzene rings is 3. The second kappa shape index (κ2) is 14.6. The summed E-state index contributed by atoms with van der Waals surface area (Å²) >= 11 is 1.30. The van der Waals surface area contributed by atoms with E-state index >= 15 is 0 Å². The predicted octanol–water partition coefficient (Wildman–Crippen LogP) is 5.51. The zero-order chi connectivity index (χ0) is 30.8. The number of hydrogen-bond donors (Lipinski definition) is 4. The Morgan fingerprint density at radius 1 is 1.02 bits per heavy atom. The van der Waals surface area contributed by atoms with Crippen LogP contribution in [0.4, 0.5) is 18.9 Å². The minimum absolute atomic E-state index is 0.113. The number of nitrogens with one attached hydrogen (secondary N) is 2. The number of carbonyl (C=O) groups excluding carboxylic acids is 2. The van der Waals surface area contributed by atoms with Gasteiger partial charge in [0.25, 0.3) is 5.91 Å². The van der Waals surface area contributed by atoms with E-state index in [1.165, 1.54) is 29.7 Å². The topological polar surface area (TPSA) is 132 Å². The number of carbonyl (C=O) groups is 2. The number of ether oxygens (including phenoxy) is 1. The molecule has 0 radical (unpaired) electrons. The molecule has 3 aromatic carbocycles. The zero-order valence-corrected chi connectivity index (χ0v) is 23.7. The van der Waals surface area contributed by atoms with Crippen LogP contribution >= 0.6 is 11.3 Å². The van der Waals surface area contributed by atoms with Crippen LogP contribution in [0.1, 0.15) is 45.1 Å². The SMILES string of the molecule is N/C=C(/c1ccc(NC(=O)c2cscn2)cc1)C(N)NC(=O)C(CCOCc1ccccc1)c1cccc(C(F)(F)F)c1. The van der Waals surface area contributed by atoms with Crippen LogP contribution in [0.25, 0.3) is 5.57 Å². The maximum absolute atomic E-state index is 13.5. The second-order valence-corrected chi connectivity index (χ2v) is 10.2. The van der Waals surface area contributed by atoms with E-state index in [1.807, 2.05) is 30.3 Å². The Morgan fingerprint density at radius 2 is 1.77 bits per heavy atom. The minimum Gasteiger partial charge on any atom is -0.404 e. The monoisotopic (exact) mass is 609 g/mol. The fourth-order valence-corrected chi connectivity index (χ4v) is 4.86. The van der Waals surface area contributed by atoms with Gasteiger partial charge in [0.1, 0.15) is 11.9 Å². The normalized spacial score (nSPS) is 13.3. The van der Waals surface area contributed by atoms with E-state index in [2.05, 4.69) is 15.6 Å². The van der Waals surface area contributed by atoms with Crippen LogP contribution in [-0.2, 0) is 22.3 Å². The molecule has 0 aliphatic heterocycles. The minimum atomic E-state index is -4.57. The van der Waals surface area contributed by atoms with Gasteiger partial charge in [-0.3, -0.25) is 9.59 Å². The molecule has 0 fully saturated rings. The molecule has 1 aromatic heterocycles. The molecule has 0 aliphatic rings. The highest BCUT2D eigenvalue weighted by molar-refractivity contribution is 7.07. The van der Waals surface area contributed by atoms with Crippen LogP contribution in [0.5, 0.6) is 0 Å². The van der Waals surface area contributed by atoms with Crippen molar-refractivity contribution in [2.75, 3.05) is 11.9 Å². The smallest absolute Gasteiger partial charge is 0.404 e. The maximum Gasteiger partial charge on any atom is 0.416 e. The Bertz CT molecular complexity index is 1530. The predicted molar refractivity (Wildman–Crippen MR) is 160 cm³/mol. The molecule has 2 unspecified atom stereocenters. The van der Waals surface area contributed by atoms with Crippen LogP contribution < -0.4 is 22.1 Å². The molecule has 0 bridgehead atoms. The van der Waals surface area contributed by atoms with Gasteiger partial charge in [-0.15, -0.1) is 11.3 Å². The van der Waals surface area contributed by atoms with Gasteiger partial charge in [-0.2, -0.15) is 13.2 Å². The van der Waals surface area contributed by atoms with Crippen molar-refractivity contribution in [3.63, 3.8) is 0 Å². The van der Waals surface area contributed by atoms with Crippen LogP contribution in [0.15, 0.2) is 96.0 Å². The molecule has 224 valence electrons. The molecule has 4 aromatic rings. The molecule has 2 amide bonds. The lowest BCUT2D eigenvalue weighted by Gasteiger charge is -2.23. The van der Waals surface area contributed by atoms with E-state index in [0.717, 1.165) is 17.7 Å². The molecule has 0 saturated carbocycles. The van der Waals surface area contributed by atoms with Gasteiger partial charge < -0.3 is 26.8 Å². The molecule has 0 aliphatic carbocycles. The largest absolute Gasteiger partial charge is 0.416 e. The Balaban J connectivity index is 1.45. The van der Waals surface area contributed by atoms with Crippen molar-refractivity contribution in [1.29, 1.82) is 0 Å². The van der Waals surface area contributed by atoms with Crippen molar-refractivity contribution in [3.8, 4) is 0 Å². The van der Waals surface area contributed by atoms with E-state index in [1.54, 1.807) is 35.2 Å². The summed E-state index contributed by atoms with van der Waals surface area (Å²) in [5.74, 6) is -1.92. The van der Waals surface area contributed by atoms with E-state index < -0.39 is 29.7 Å². The van der Waals surface area contributed by atoms with Gasteiger partial charge in [0.2, 0.25) is 5.91 Å². The van der Waals surface area contributed by atoms with E-state index in [0.29, 0.717) is 22.5 Å². The van der Waals surface area contributed by atoms with Crippen LogP contribution in [0, 0.1) is 0 Å². The van der Waals surface area contributed by atoms with Crippen molar-refractivity contribution in [1.82, 2.24) is 10.3 Å². The number of hydrogen-bond acceptors (Lipinski definition) is 7. The lowest BCUT2D eigenvalue weighted by molar-refractivity contribution is -0.137. The number of rotatable bonds is 12. The van der Waals surface area contributed by atoms with Gasteiger partial charge >= 0.3 is 6.18 Å². The standard InChI is InChI=1S/C31H30F3N5O3S/c32-31(33,34)23-8-4-7-22(15-23)25(13-14-42-17-20-5-2-1-3-6-20)29(40)39-28(36)26(16-35)21-9-11-24(12-10-21)38-30(41)27-18-43-19-37-27/h1-12,15-16,18-19,25,28H,13-14,17,35-36H2,(H,38,41)(H,39,40)/b26-16-. The van der Waals surface area contributed by atoms with E-state index in [-0.39, 0.29) is 31.1 Å². The summed E-state index contributed by atoms with van der Waals surface area (Å²) in [6, 6.07) is 20.7. The van der Waals surface area contributed by atoms with Gasteiger partial charge in [0.15, 0.2) is 0 Å². The molecule has 8 nitrogen and oxygen atoms in total. The third-order valence-electron chi connectivity index (χ3n) is 6.55. The first-order valence-electron chi connectivity index (χ1n) is 13.2. The van der Waals surface area contributed by atoms with Crippen molar-refractivity contribution in [2.24, 2.45) is 11.5 Å². The number of nitrogens with two attached hydrogens (primary N) is 2. The fraction of sp³-hybridized carbons (Fsp3) is 0.194. The number of thiazole rings is 1. The Labute approximate surface area is 250 Å². The van der Waals surface area contributed by atoms with Gasteiger partial charge in [-0.05, 0) is 41.3 Å². The number of halogens is 3. The molecular weight excluding hydrogens is 579 g/mol. The first-order chi connectivity index (χ1) is 20.7. The van der Waals surface area contributed by atoms with Gasteiger partial charge in [-0.1, -0.05) is 60.7 Å². The number of alkyl halides is 3. The van der Waals surface area contributed by atoms with Crippen LogP contribution in [0.3, 0.4) is 0 Å². The Morgan fingerprint density at radius 3 is 2.42 bits per heavy atom. The lowest BCUT2D eigenvalue weighted by atomic mass is 9.93. The average Bonchev–Trinajstić information content (AvgIpc) is 3.54. The van der Waals surface area contributed by atoms with E-state index in [9.17, 15) is 22.8 Å². The number of aromatic nitrogens is 1. The van der Waals surface area contributed by atoms with Gasteiger partial charge in [0.05, 0.1) is 23.6 Å². The van der Waals surface area contributed by atoms with Crippen molar-refractivity contribution >= 4 is 34.4 Å². The third-order valence-corrected chi connectivity index (χ3v) is 7.14. The van der Waals surface area contributed by atoms with Gasteiger partial charge in [0, 0.05) is 29.4 Å². The second-order valence-electron chi connectivity index (χ2n) is 9.52. The third kappa shape index (κ3) is 8.74. The van der Waals surface area contributed by atoms with Crippen molar-refractivity contribution in [2.45, 2.75) is 31.3 Å². The summed E-state index contributed by atoms with van der Waals surface area (Å²) in [5, 5.41) is 7.05. The highest BCUT2D eigenvalue weighted by Crippen LogP contribution is 2.32. The molecule has 2 atom stereocenters. The number of nitrogens with zero attached hydrogens (tertiary/aromatic N) is 1. The number of amides is 2. The summed E-state index contributed by atoms with van der Waals surface area (Å²) in [6.07, 6.45) is -4.29. The molecule has 4 rings (SSSR count). The summed E-state index contributed by atoms with van der Waals surface area (Å²) in [7, 11) is 0. The van der Waals surface area contributed by atoms with Crippen molar-refractivity contribution < 1.29 is 27.5 Å². The fourth-order valence-electron chi connectivity index (χ4n) is 4.32.